The Hall–Kier alpha value is -1.32. The maximum absolute atomic E-state index is 13.4. The fourth-order valence-electron chi connectivity index (χ4n) is 1.83. The first-order valence-electron chi connectivity index (χ1n) is 7.70. The third kappa shape index (κ3) is 5.26. The van der Waals surface area contributed by atoms with Gasteiger partial charge in [-0.25, -0.2) is 0 Å². The number of ether oxygens (including phenoxy) is 1. The highest BCUT2D eigenvalue weighted by Gasteiger charge is 2.95. The van der Waals surface area contributed by atoms with Crippen LogP contribution < -0.4 is 0 Å². The van der Waals surface area contributed by atoms with Gasteiger partial charge in [-0.15, -0.1) is 0 Å². The Morgan fingerprint density at radius 3 is 1.21 bits per heavy atom. The molecule has 0 saturated heterocycles. The lowest BCUT2D eigenvalue weighted by atomic mass is 9.89. The summed E-state index contributed by atoms with van der Waals surface area (Å²) in [6, 6.07) is 0. The summed E-state index contributed by atoms with van der Waals surface area (Å²) < 4.78 is 253. The quantitative estimate of drug-likeness (QED) is 0.196. The Morgan fingerprint density at radius 1 is 0.559 bits per heavy atom. The maximum atomic E-state index is 13.4. The molecule has 0 aromatic carbocycles. The fraction of sp³-hybridized carbons (Fsp3) is 1.00. The summed E-state index contributed by atoms with van der Waals surface area (Å²) in [6.45, 7) is -4.54. The van der Waals surface area contributed by atoms with Gasteiger partial charge in [-0.1, -0.05) is 0 Å². The molecule has 0 aliphatic heterocycles. The van der Waals surface area contributed by atoms with E-state index in [0.29, 0.717) is 0 Å². The molecule has 34 heavy (non-hydrogen) atoms. The molecule has 0 aliphatic rings. The molecule has 0 spiro atoms. The van der Waals surface area contributed by atoms with Crippen LogP contribution in [0.25, 0.3) is 0 Å². The van der Waals surface area contributed by atoms with Crippen LogP contribution in [0.1, 0.15) is 6.42 Å². The second-order valence-corrected chi connectivity index (χ2v) is 7.91. The lowest BCUT2D eigenvalue weighted by Crippen LogP contribution is -2.74. The first-order chi connectivity index (χ1) is 14.5. The van der Waals surface area contributed by atoms with E-state index in [1.807, 2.05) is 0 Å². The zero-order chi connectivity index (χ0) is 28.0. The lowest BCUT2D eigenvalue weighted by Gasteiger charge is -2.42. The number of hydrogen-bond donors (Lipinski definition) is 1. The van der Waals surface area contributed by atoms with E-state index >= 15 is 0 Å². The van der Waals surface area contributed by atoms with Crippen LogP contribution in [0.2, 0.25) is 0 Å². The van der Waals surface area contributed by atoms with Crippen LogP contribution in [-0.4, -0.2) is 79.6 Å². The second kappa shape index (κ2) is 8.96. The molecule has 1 N–H and O–H groups in total. The van der Waals surface area contributed by atoms with Crippen molar-refractivity contribution in [2.24, 2.45) is 0 Å². The Kier molecular flexibility index (Phi) is 8.61. The van der Waals surface area contributed by atoms with E-state index in [-0.39, 0.29) is 0 Å². The molecule has 0 rings (SSSR count). The van der Waals surface area contributed by atoms with E-state index in [1.54, 1.807) is 0 Å². The zero-order valence-corrected chi connectivity index (χ0v) is 16.2. The highest BCUT2D eigenvalue weighted by molar-refractivity contribution is 7.85. The molecule has 0 fully saturated rings. The number of rotatable bonds is 12. The Bertz CT molecular complexity index is 817. The average molecular weight is 572 g/mol. The minimum absolute atomic E-state index is 1.02. The molecule has 0 amide bonds. The molecule has 0 unspecified atom stereocenters. The van der Waals surface area contributed by atoms with Crippen molar-refractivity contribution in [3.8, 4) is 0 Å². The van der Waals surface area contributed by atoms with Crippen molar-refractivity contribution < 1.29 is 92.3 Å². The first-order valence-corrected chi connectivity index (χ1v) is 9.31. The highest BCUT2D eigenvalue weighted by atomic mass is 32.2. The van der Waals surface area contributed by atoms with Crippen molar-refractivity contribution in [1.82, 2.24) is 0 Å². The van der Waals surface area contributed by atoms with E-state index in [9.17, 15) is 83.1 Å². The summed E-state index contributed by atoms with van der Waals surface area (Å²) in [4.78, 5) is 0. The number of halogens is 17. The Labute approximate surface area is 176 Å². The second-order valence-electron chi connectivity index (χ2n) is 6.34. The molecule has 206 valence electrons. The van der Waals surface area contributed by atoms with Crippen molar-refractivity contribution in [2.45, 2.75) is 54.1 Å². The summed E-state index contributed by atoms with van der Waals surface area (Å²) in [5, 5.41) is 0. The smallest absolute Gasteiger partial charge is 0.375 e. The summed E-state index contributed by atoms with van der Waals surface area (Å²) in [5.74, 6) is -58.5. The van der Waals surface area contributed by atoms with Gasteiger partial charge in [0.05, 0.1) is 5.75 Å². The van der Waals surface area contributed by atoms with E-state index in [4.69, 9.17) is 4.55 Å². The fourth-order valence-corrected chi connectivity index (χ4v) is 2.31. The van der Waals surface area contributed by atoms with Gasteiger partial charge in [-0.2, -0.15) is 83.1 Å². The SMILES string of the molecule is O=S(=O)(O)CCCOCC(F)(F)C(F)(F)C(F)(F)C(F)(F)C(F)(F)C(F)(F)C(F)(F)C(F)(F)F. The number of alkyl halides is 17. The van der Waals surface area contributed by atoms with Crippen LogP contribution in [0.5, 0.6) is 0 Å². The van der Waals surface area contributed by atoms with E-state index in [1.165, 1.54) is 0 Å². The molecule has 0 aromatic heterocycles. The van der Waals surface area contributed by atoms with Gasteiger partial charge in [0.25, 0.3) is 10.1 Å². The van der Waals surface area contributed by atoms with Gasteiger partial charge >= 0.3 is 47.6 Å². The van der Waals surface area contributed by atoms with E-state index < -0.39 is 83.1 Å². The van der Waals surface area contributed by atoms with Gasteiger partial charge in [0.15, 0.2) is 0 Å². The van der Waals surface area contributed by atoms with Crippen molar-refractivity contribution in [3.05, 3.63) is 0 Å². The molecule has 0 saturated carbocycles. The lowest BCUT2D eigenvalue weighted by molar-refractivity contribution is -0.462. The van der Waals surface area contributed by atoms with Crippen LogP contribution in [-0.2, 0) is 14.9 Å². The molecule has 0 atom stereocenters. The monoisotopic (exact) mass is 572 g/mol. The molecule has 0 aliphatic carbocycles. The molecule has 0 heterocycles. The highest BCUT2D eigenvalue weighted by Crippen LogP contribution is 2.63. The van der Waals surface area contributed by atoms with Crippen molar-refractivity contribution in [3.63, 3.8) is 0 Å². The van der Waals surface area contributed by atoms with Crippen molar-refractivity contribution in [1.29, 1.82) is 0 Å². The van der Waals surface area contributed by atoms with E-state index in [0.717, 1.165) is 0 Å². The molecule has 22 heteroatoms. The van der Waals surface area contributed by atoms with Crippen LogP contribution in [0, 0.1) is 0 Å². The molecule has 4 nitrogen and oxygen atoms in total. The maximum Gasteiger partial charge on any atom is 0.460 e. The molecule has 0 aromatic rings. The van der Waals surface area contributed by atoms with Gasteiger partial charge in [0, 0.05) is 6.61 Å². The summed E-state index contributed by atoms with van der Waals surface area (Å²) in [7, 11) is -4.79. The Morgan fingerprint density at radius 2 is 0.882 bits per heavy atom. The predicted molar refractivity (Wildman–Crippen MR) is 72.5 cm³/mol. The van der Waals surface area contributed by atoms with E-state index in [2.05, 4.69) is 4.74 Å². The third-order valence-electron chi connectivity index (χ3n) is 3.76. The van der Waals surface area contributed by atoms with Crippen LogP contribution in [0.4, 0.5) is 74.6 Å². The van der Waals surface area contributed by atoms with Gasteiger partial charge in [-0.3, -0.25) is 4.55 Å². The zero-order valence-electron chi connectivity index (χ0n) is 15.3. The average Bonchev–Trinajstić information content (AvgIpc) is 2.58. The van der Waals surface area contributed by atoms with Gasteiger partial charge in [0.1, 0.15) is 6.61 Å². The molecule has 0 radical (unpaired) electrons. The van der Waals surface area contributed by atoms with Crippen molar-refractivity contribution in [2.75, 3.05) is 19.0 Å². The number of hydrogen-bond acceptors (Lipinski definition) is 3. The summed E-state index contributed by atoms with van der Waals surface area (Å²) in [6.07, 6.45) is -8.85. The molecule has 0 bridgehead atoms. The predicted octanol–water partition coefficient (Wildman–Crippen LogP) is 5.29. The van der Waals surface area contributed by atoms with Gasteiger partial charge in [-0.05, 0) is 6.42 Å². The largest absolute Gasteiger partial charge is 0.460 e. The van der Waals surface area contributed by atoms with Crippen LogP contribution >= 0.6 is 0 Å². The summed E-state index contributed by atoms with van der Waals surface area (Å²) in [5.41, 5.74) is 0. The van der Waals surface area contributed by atoms with Crippen LogP contribution in [0.3, 0.4) is 0 Å². The first kappa shape index (κ1) is 32.7. The molecular formula is C12H9F17O4S. The molecular weight excluding hydrogens is 563 g/mol. The normalized spacial score (nSPS) is 16.2. The standard InChI is InChI=1S/C12H9F17O4S/c13-5(14,4-33-2-1-3-34(30,31)32)6(15,16)7(17,18)8(19,20)9(21,22)10(23,24)11(25,26)12(27,28)29/h1-4H2,(H,30,31,32). The minimum atomic E-state index is -8.71. The Balaban J connectivity index is 6.15. The van der Waals surface area contributed by atoms with Gasteiger partial charge in [0.2, 0.25) is 0 Å². The topological polar surface area (TPSA) is 63.6 Å². The van der Waals surface area contributed by atoms with Gasteiger partial charge < -0.3 is 4.74 Å². The van der Waals surface area contributed by atoms with Crippen LogP contribution in [0.15, 0.2) is 0 Å². The summed E-state index contributed by atoms with van der Waals surface area (Å²) >= 11 is 0. The minimum Gasteiger partial charge on any atom is -0.375 e. The third-order valence-corrected chi connectivity index (χ3v) is 4.57. The van der Waals surface area contributed by atoms with Crippen molar-refractivity contribution >= 4 is 10.1 Å².